The lowest BCUT2D eigenvalue weighted by Gasteiger charge is -2.35. The van der Waals surface area contributed by atoms with Gasteiger partial charge < -0.3 is 15.4 Å². The molecule has 3 rings (SSSR count). The van der Waals surface area contributed by atoms with Crippen LogP contribution in [0.4, 0.5) is 5.95 Å². The standard InChI is InChI=1S/C14H21N5O2/c1-8-9(2)18-19-14(15-8)16-10-5-6-12(20)17-13(10)11-4-3-7-21-11/h10-11,13H,3-7H2,1-2H3,(H,17,20)(H,15,16,19)/t10-,11?,13-/m0/s1. The molecule has 1 aromatic heterocycles. The van der Waals surface area contributed by atoms with Crippen LogP contribution in [-0.4, -0.2) is 45.9 Å². The first-order chi connectivity index (χ1) is 10.1. The summed E-state index contributed by atoms with van der Waals surface area (Å²) in [5, 5.41) is 14.5. The summed E-state index contributed by atoms with van der Waals surface area (Å²) in [6.07, 6.45) is 3.37. The fraction of sp³-hybridized carbons (Fsp3) is 0.714. The molecule has 2 saturated heterocycles. The van der Waals surface area contributed by atoms with E-state index < -0.39 is 0 Å². The first-order valence-corrected chi connectivity index (χ1v) is 7.49. The second-order valence-corrected chi connectivity index (χ2v) is 5.74. The lowest BCUT2D eigenvalue weighted by molar-refractivity contribution is -0.124. The molecule has 7 heteroatoms. The van der Waals surface area contributed by atoms with Crippen molar-refractivity contribution in [3.63, 3.8) is 0 Å². The number of amides is 1. The summed E-state index contributed by atoms with van der Waals surface area (Å²) in [6.45, 7) is 4.57. The third-order valence-corrected chi connectivity index (χ3v) is 4.22. The number of aryl methyl sites for hydroxylation is 2. The number of hydrogen-bond donors (Lipinski definition) is 2. The SMILES string of the molecule is Cc1nnc(N[C@H]2CCC(=O)N[C@@H]2C2CCCO2)nc1C. The van der Waals surface area contributed by atoms with Gasteiger partial charge in [0, 0.05) is 13.0 Å². The predicted octanol–water partition coefficient (Wildman–Crippen LogP) is 0.727. The molecule has 3 atom stereocenters. The molecule has 0 aliphatic carbocycles. The maximum absolute atomic E-state index is 11.7. The van der Waals surface area contributed by atoms with Gasteiger partial charge in [0.25, 0.3) is 0 Å². The Bertz CT molecular complexity index is 530. The molecule has 3 heterocycles. The van der Waals surface area contributed by atoms with E-state index in [-0.39, 0.29) is 24.1 Å². The van der Waals surface area contributed by atoms with E-state index in [9.17, 15) is 4.79 Å². The van der Waals surface area contributed by atoms with Crippen LogP contribution < -0.4 is 10.6 Å². The number of piperidine rings is 1. The quantitative estimate of drug-likeness (QED) is 0.853. The molecule has 2 N–H and O–H groups in total. The van der Waals surface area contributed by atoms with Crippen LogP contribution in [0.1, 0.15) is 37.1 Å². The summed E-state index contributed by atoms with van der Waals surface area (Å²) >= 11 is 0. The molecule has 2 aliphatic rings. The Morgan fingerprint density at radius 2 is 2.10 bits per heavy atom. The molecule has 0 radical (unpaired) electrons. The fourth-order valence-corrected chi connectivity index (χ4v) is 2.91. The molecule has 1 amide bonds. The molecule has 0 aromatic carbocycles. The summed E-state index contributed by atoms with van der Waals surface area (Å²) in [7, 11) is 0. The monoisotopic (exact) mass is 291 g/mol. The van der Waals surface area contributed by atoms with E-state index in [0.717, 1.165) is 37.3 Å². The lowest BCUT2D eigenvalue weighted by Crippen LogP contribution is -2.57. The van der Waals surface area contributed by atoms with Gasteiger partial charge in [0.1, 0.15) is 0 Å². The first-order valence-electron chi connectivity index (χ1n) is 7.49. The molecule has 114 valence electrons. The van der Waals surface area contributed by atoms with E-state index in [4.69, 9.17) is 4.74 Å². The summed E-state index contributed by atoms with van der Waals surface area (Å²) in [4.78, 5) is 16.1. The Balaban J connectivity index is 1.74. The molecule has 7 nitrogen and oxygen atoms in total. The highest BCUT2D eigenvalue weighted by atomic mass is 16.5. The number of ether oxygens (including phenoxy) is 1. The van der Waals surface area contributed by atoms with Gasteiger partial charge in [0.2, 0.25) is 11.9 Å². The highest BCUT2D eigenvalue weighted by Gasteiger charge is 2.37. The second-order valence-electron chi connectivity index (χ2n) is 5.74. The van der Waals surface area contributed by atoms with Gasteiger partial charge in [-0.25, -0.2) is 4.98 Å². The fourth-order valence-electron chi connectivity index (χ4n) is 2.91. The number of hydrogen-bond acceptors (Lipinski definition) is 6. The van der Waals surface area contributed by atoms with Crippen LogP contribution in [0.15, 0.2) is 0 Å². The average Bonchev–Trinajstić information content (AvgIpc) is 2.99. The van der Waals surface area contributed by atoms with E-state index in [1.54, 1.807) is 0 Å². The van der Waals surface area contributed by atoms with Gasteiger partial charge >= 0.3 is 0 Å². The number of nitrogens with one attached hydrogen (secondary N) is 2. The van der Waals surface area contributed by atoms with Crippen molar-refractivity contribution in [2.24, 2.45) is 0 Å². The van der Waals surface area contributed by atoms with Gasteiger partial charge in [-0.1, -0.05) is 0 Å². The van der Waals surface area contributed by atoms with Crippen molar-refractivity contribution in [1.29, 1.82) is 0 Å². The first kappa shape index (κ1) is 14.2. The molecule has 0 bridgehead atoms. The third kappa shape index (κ3) is 3.12. The summed E-state index contributed by atoms with van der Waals surface area (Å²) < 4.78 is 5.74. The zero-order chi connectivity index (χ0) is 14.8. The van der Waals surface area contributed by atoms with Crippen molar-refractivity contribution in [2.45, 2.75) is 57.7 Å². The molecule has 1 aromatic rings. The molecule has 21 heavy (non-hydrogen) atoms. The smallest absolute Gasteiger partial charge is 0.243 e. The van der Waals surface area contributed by atoms with Crippen molar-refractivity contribution in [1.82, 2.24) is 20.5 Å². The molecular weight excluding hydrogens is 270 g/mol. The summed E-state index contributed by atoms with van der Waals surface area (Å²) in [5.41, 5.74) is 1.69. The Kier molecular flexibility index (Phi) is 4.01. The highest BCUT2D eigenvalue weighted by molar-refractivity contribution is 5.77. The van der Waals surface area contributed by atoms with Gasteiger partial charge in [-0.3, -0.25) is 4.79 Å². The number of carbonyl (C=O) groups is 1. The van der Waals surface area contributed by atoms with Crippen LogP contribution >= 0.6 is 0 Å². The highest BCUT2D eigenvalue weighted by Crippen LogP contribution is 2.24. The van der Waals surface area contributed by atoms with Crippen LogP contribution in [-0.2, 0) is 9.53 Å². The maximum atomic E-state index is 11.7. The number of nitrogens with zero attached hydrogens (tertiary/aromatic N) is 3. The number of aromatic nitrogens is 3. The Morgan fingerprint density at radius 3 is 2.81 bits per heavy atom. The lowest BCUT2D eigenvalue weighted by atomic mass is 9.92. The van der Waals surface area contributed by atoms with E-state index in [0.29, 0.717) is 12.4 Å². The van der Waals surface area contributed by atoms with Crippen molar-refractivity contribution in [2.75, 3.05) is 11.9 Å². The van der Waals surface area contributed by atoms with Crippen LogP contribution in [0, 0.1) is 13.8 Å². The average molecular weight is 291 g/mol. The number of anilines is 1. The van der Waals surface area contributed by atoms with Crippen molar-refractivity contribution >= 4 is 11.9 Å². The zero-order valence-electron chi connectivity index (χ0n) is 12.4. The van der Waals surface area contributed by atoms with Gasteiger partial charge in [0.15, 0.2) is 0 Å². The van der Waals surface area contributed by atoms with E-state index in [1.165, 1.54) is 0 Å². The van der Waals surface area contributed by atoms with Crippen LogP contribution in [0.5, 0.6) is 0 Å². The van der Waals surface area contributed by atoms with E-state index in [1.807, 2.05) is 13.8 Å². The topological polar surface area (TPSA) is 89.0 Å². The molecule has 0 spiro atoms. The molecule has 2 fully saturated rings. The van der Waals surface area contributed by atoms with Crippen molar-refractivity contribution < 1.29 is 9.53 Å². The summed E-state index contributed by atoms with van der Waals surface area (Å²) in [5.74, 6) is 0.606. The minimum absolute atomic E-state index is 0.0287. The van der Waals surface area contributed by atoms with E-state index in [2.05, 4.69) is 25.8 Å². The number of rotatable bonds is 3. The van der Waals surface area contributed by atoms with Gasteiger partial charge in [-0.05, 0) is 33.1 Å². The third-order valence-electron chi connectivity index (χ3n) is 4.22. The molecule has 1 unspecified atom stereocenters. The minimum Gasteiger partial charge on any atom is -0.376 e. The minimum atomic E-state index is -0.0287. The molecule has 0 saturated carbocycles. The van der Waals surface area contributed by atoms with Gasteiger partial charge in [0.05, 0.1) is 29.6 Å². The van der Waals surface area contributed by atoms with Crippen LogP contribution in [0.3, 0.4) is 0 Å². The largest absolute Gasteiger partial charge is 0.376 e. The zero-order valence-corrected chi connectivity index (χ0v) is 12.4. The number of carbonyl (C=O) groups excluding carboxylic acids is 1. The van der Waals surface area contributed by atoms with Gasteiger partial charge in [-0.15, -0.1) is 5.10 Å². The van der Waals surface area contributed by atoms with Crippen LogP contribution in [0.25, 0.3) is 0 Å². The normalized spacial score (nSPS) is 29.2. The van der Waals surface area contributed by atoms with Crippen molar-refractivity contribution in [3.8, 4) is 0 Å². The van der Waals surface area contributed by atoms with Crippen molar-refractivity contribution in [3.05, 3.63) is 11.4 Å². The maximum Gasteiger partial charge on any atom is 0.243 e. The predicted molar refractivity (Wildman–Crippen MR) is 76.9 cm³/mol. The van der Waals surface area contributed by atoms with Crippen LogP contribution in [0.2, 0.25) is 0 Å². The Hall–Kier alpha value is -1.76. The van der Waals surface area contributed by atoms with E-state index >= 15 is 0 Å². The second kappa shape index (κ2) is 5.93. The van der Waals surface area contributed by atoms with Gasteiger partial charge in [-0.2, -0.15) is 5.10 Å². The molecule has 2 aliphatic heterocycles. The Morgan fingerprint density at radius 1 is 1.24 bits per heavy atom. The Labute approximate surface area is 123 Å². The summed E-state index contributed by atoms with van der Waals surface area (Å²) in [6, 6.07) is 0.0497. The molecular formula is C14H21N5O2.